The predicted molar refractivity (Wildman–Crippen MR) is 56.5 cm³/mol. The van der Waals surface area contributed by atoms with E-state index in [0.29, 0.717) is 6.42 Å². The van der Waals surface area contributed by atoms with Crippen LogP contribution in [0.5, 0.6) is 0 Å². The third kappa shape index (κ3) is 2.87. The Hall–Kier alpha value is -1.31. The summed E-state index contributed by atoms with van der Waals surface area (Å²) in [5.41, 5.74) is 3.71. The van der Waals surface area contributed by atoms with Crippen LogP contribution in [0.3, 0.4) is 0 Å². The molecule has 0 spiro atoms. The summed E-state index contributed by atoms with van der Waals surface area (Å²) in [6.07, 6.45) is 1.87. The Kier molecular flexibility index (Phi) is 3.69. The fourth-order valence-electron chi connectivity index (χ4n) is 1.56. The van der Waals surface area contributed by atoms with E-state index in [4.69, 9.17) is 5.11 Å². The molecular formula is C12H16O2. The van der Waals surface area contributed by atoms with Crippen LogP contribution < -0.4 is 0 Å². The highest BCUT2D eigenvalue weighted by molar-refractivity contribution is 5.67. The highest BCUT2D eigenvalue weighted by Crippen LogP contribution is 2.12. The van der Waals surface area contributed by atoms with Gasteiger partial charge in [0.2, 0.25) is 0 Å². The van der Waals surface area contributed by atoms with E-state index in [-0.39, 0.29) is 6.42 Å². The molecule has 0 saturated carbocycles. The molecule has 2 heteroatoms. The first-order valence-corrected chi connectivity index (χ1v) is 4.93. The van der Waals surface area contributed by atoms with Gasteiger partial charge in [-0.2, -0.15) is 0 Å². The third-order valence-electron chi connectivity index (χ3n) is 2.42. The van der Waals surface area contributed by atoms with Crippen LogP contribution in [0, 0.1) is 6.92 Å². The van der Waals surface area contributed by atoms with Crippen LogP contribution in [0.1, 0.15) is 30.0 Å². The quantitative estimate of drug-likeness (QED) is 0.796. The molecule has 1 N–H and O–H groups in total. The van der Waals surface area contributed by atoms with Crippen LogP contribution in [0.4, 0.5) is 0 Å². The van der Waals surface area contributed by atoms with Crippen LogP contribution in [-0.2, 0) is 17.6 Å². The zero-order valence-corrected chi connectivity index (χ0v) is 8.71. The van der Waals surface area contributed by atoms with Crippen LogP contribution in [0.2, 0.25) is 0 Å². The van der Waals surface area contributed by atoms with Gasteiger partial charge in [-0.05, 0) is 36.5 Å². The van der Waals surface area contributed by atoms with Crippen molar-refractivity contribution >= 4 is 5.97 Å². The summed E-state index contributed by atoms with van der Waals surface area (Å²) in [4.78, 5) is 10.4. The van der Waals surface area contributed by atoms with E-state index >= 15 is 0 Å². The van der Waals surface area contributed by atoms with Crippen molar-refractivity contribution in [3.05, 3.63) is 34.9 Å². The van der Waals surface area contributed by atoms with Gasteiger partial charge in [0.15, 0.2) is 0 Å². The van der Waals surface area contributed by atoms with Gasteiger partial charge >= 0.3 is 5.97 Å². The van der Waals surface area contributed by atoms with Crippen LogP contribution >= 0.6 is 0 Å². The van der Waals surface area contributed by atoms with Crippen molar-refractivity contribution in [1.29, 1.82) is 0 Å². The lowest BCUT2D eigenvalue weighted by Gasteiger charge is -2.05. The van der Waals surface area contributed by atoms with Crippen molar-refractivity contribution in [3.8, 4) is 0 Å². The Morgan fingerprint density at radius 2 is 2.14 bits per heavy atom. The summed E-state index contributed by atoms with van der Waals surface area (Å²) in [7, 11) is 0. The summed E-state index contributed by atoms with van der Waals surface area (Å²) in [6.45, 7) is 4.20. The third-order valence-corrected chi connectivity index (χ3v) is 2.42. The van der Waals surface area contributed by atoms with Gasteiger partial charge in [-0.3, -0.25) is 4.79 Å². The summed E-state index contributed by atoms with van der Waals surface area (Å²) < 4.78 is 0. The molecule has 0 bridgehead atoms. The minimum atomic E-state index is -0.734. The van der Waals surface area contributed by atoms with Gasteiger partial charge in [-0.25, -0.2) is 0 Å². The Labute approximate surface area is 84.6 Å². The Morgan fingerprint density at radius 3 is 2.64 bits per heavy atom. The summed E-state index contributed by atoms with van der Waals surface area (Å²) in [6, 6.07) is 6.20. The number of carboxylic acids is 1. The number of rotatable bonds is 4. The van der Waals surface area contributed by atoms with E-state index in [1.165, 1.54) is 11.1 Å². The van der Waals surface area contributed by atoms with Gasteiger partial charge in [-0.15, -0.1) is 0 Å². The monoisotopic (exact) mass is 192 g/mol. The molecule has 0 aliphatic heterocycles. The Balaban J connectivity index is 2.71. The minimum absolute atomic E-state index is 0.213. The number of benzene rings is 1. The van der Waals surface area contributed by atoms with E-state index < -0.39 is 5.97 Å². The molecule has 76 valence electrons. The molecule has 0 saturated heterocycles. The molecule has 0 aliphatic carbocycles. The second-order valence-electron chi connectivity index (χ2n) is 3.51. The Morgan fingerprint density at radius 1 is 1.43 bits per heavy atom. The first-order chi connectivity index (χ1) is 6.63. The summed E-state index contributed by atoms with van der Waals surface area (Å²) >= 11 is 0. The fourth-order valence-corrected chi connectivity index (χ4v) is 1.56. The van der Waals surface area contributed by atoms with Gasteiger partial charge in [0, 0.05) is 6.42 Å². The first kappa shape index (κ1) is 10.8. The van der Waals surface area contributed by atoms with E-state index in [9.17, 15) is 4.79 Å². The SMILES string of the molecule is CCc1ccc(CCC(=O)O)cc1C. The molecule has 2 nitrogen and oxygen atoms in total. The van der Waals surface area contributed by atoms with Gasteiger partial charge in [0.25, 0.3) is 0 Å². The lowest BCUT2D eigenvalue weighted by molar-refractivity contribution is -0.136. The van der Waals surface area contributed by atoms with Crippen molar-refractivity contribution in [2.75, 3.05) is 0 Å². The molecule has 0 atom stereocenters. The second-order valence-corrected chi connectivity index (χ2v) is 3.51. The Bertz CT molecular complexity index is 329. The zero-order valence-electron chi connectivity index (χ0n) is 8.71. The highest BCUT2D eigenvalue weighted by atomic mass is 16.4. The largest absolute Gasteiger partial charge is 0.481 e. The summed E-state index contributed by atoms with van der Waals surface area (Å²) in [5, 5.41) is 8.54. The molecule has 1 aromatic rings. The van der Waals surface area contributed by atoms with Crippen molar-refractivity contribution < 1.29 is 9.90 Å². The normalized spacial score (nSPS) is 10.1. The van der Waals surface area contributed by atoms with Crippen molar-refractivity contribution in [2.45, 2.75) is 33.1 Å². The molecule has 0 heterocycles. The van der Waals surface area contributed by atoms with E-state index in [1.807, 2.05) is 6.07 Å². The maximum atomic E-state index is 10.4. The minimum Gasteiger partial charge on any atom is -0.481 e. The molecule has 14 heavy (non-hydrogen) atoms. The molecule has 0 unspecified atom stereocenters. The fraction of sp³-hybridized carbons (Fsp3) is 0.417. The standard InChI is InChI=1S/C12H16O2/c1-3-11-6-4-10(8-9(11)2)5-7-12(13)14/h4,6,8H,3,5,7H2,1-2H3,(H,13,14). The predicted octanol–water partition coefficient (Wildman–Crippen LogP) is 2.57. The molecule has 0 aromatic heterocycles. The zero-order chi connectivity index (χ0) is 10.6. The summed E-state index contributed by atoms with van der Waals surface area (Å²) in [5.74, 6) is -0.734. The van der Waals surface area contributed by atoms with Crippen LogP contribution in [-0.4, -0.2) is 11.1 Å². The lowest BCUT2D eigenvalue weighted by atomic mass is 10.0. The number of carboxylic acid groups (broad SMARTS) is 1. The molecular weight excluding hydrogens is 176 g/mol. The van der Waals surface area contributed by atoms with E-state index in [0.717, 1.165) is 12.0 Å². The van der Waals surface area contributed by atoms with Crippen molar-refractivity contribution in [2.24, 2.45) is 0 Å². The number of hydrogen-bond donors (Lipinski definition) is 1. The lowest BCUT2D eigenvalue weighted by Crippen LogP contribution is -1.98. The van der Waals surface area contributed by atoms with Crippen LogP contribution in [0.15, 0.2) is 18.2 Å². The van der Waals surface area contributed by atoms with Gasteiger partial charge in [0.1, 0.15) is 0 Å². The van der Waals surface area contributed by atoms with Crippen molar-refractivity contribution in [1.82, 2.24) is 0 Å². The van der Waals surface area contributed by atoms with E-state index in [2.05, 4.69) is 26.0 Å². The van der Waals surface area contributed by atoms with E-state index in [1.54, 1.807) is 0 Å². The average Bonchev–Trinajstić information content (AvgIpc) is 2.15. The van der Waals surface area contributed by atoms with Crippen LogP contribution in [0.25, 0.3) is 0 Å². The van der Waals surface area contributed by atoms with Gasteiger partial charge in [0.05, 0.1) is 0 Å². The van der Waals surface area contributed by atoms with Gasteiger partial charge < -0.3 is 5.11 Å². The first-order valence-electron chi connectivity index (χ1n) is 4.93. The highest BCUT2D eigenvalue weighted by Gasteiger charge is 2.01. The van der Waals surface area contributed by atoms with Crippen molar-refractivity contribution in [3.63, 3.8) is 0 Å². The smallest absolute Gasteiger partial charge is 0.303 e. The maximum Gasteiger partial charge on any atom is 0.303 e. The molecule has 1 rings (SSSR count). The maximum absolute atomic E-state index is 10.4. The molecule has 0 fully saturated rings. The molecule has 1 aromatic carbocycles. The average molecular weight is 192 g/mol. The topological polar surface area (TPSA) is 37.3 Å². The molecule has 0 amide bonds. The second kappa shape index (κ2) is 4.80. The number of hydrogen-bond acceptors (Lipinski definition) is 1. The molecule has 0 aliphatic rings. The number of aliphatic carboxylic acids is 1. The number of aryl methyl sites for hydroxylation is 3. The molecule has 0 radical (unpaired) electrons. The number of carbonyl (C=O) groups is 1. The van der Waals surface area contributed by atoms with Gasteiger partial charge in [-0.1, -0.05) is 25.1 Å².